The normalized spacial score (nSPS) is 15.7. The molecule has 0 aromatic heterocycles. The Morgan fingerprint density at radius 1 is 1.55 bits per heavy atom. The maximum Gasteiger partial charge on any atom is 0.311 e. The van der Waals surface area contributed by atoms with Gasteiger partial charge in [0.2, 0.25) is 0 Å². The molecule has 108 valence electrons. The molecule has 1 aliphatic rings. The molecule has 0 amide bonds. The predicted octanol–water partition coefficient (Wildman–Crippen LogP) is 2.64. The lowest BCUT2D eigenvalue weighted by Gasteiger charge is -2.15. The molecule has 6 heteroatoms. The van der Waals surface area contributed by atoms with Gasteiger partial charge in [-0.2, -0.15) is 0 Å². The number of nitrogens with zero attached hydrogens (tertiary/aromatic N) is 1. The molecule has 0 radical (unpaired) electrons. The molecule has 0 bridgehead atoms. The number of nitro benzene ring substituents is 1. The van der Waals surface area contributed by atoms with Crippen molar-refractivity contribution in [3.05, 3.63) is 33.9 Å². The van der Waals surface area contributed by atoms with E-state index in [0.29, 0.717) is 18.8 Å². The van der Waals surface area contributed by atoms with Crippen molar-refractivity contribution in [1.29, 1.82) is 5.41 Å². The van der Waals surface area contributed by atoms with Crippen LogP contribution in [-0.2, 0) is 6.42 Å². The summed E-state index contributed by atoms with van der Waals surface area (Å²) < 4.78 is 5.63. The molecule has 0 atom stereocenters. The van der Waals surface area contributed by atoms with E-state index in [4.69, 9.17) is 15.9 Å². The molecule has 0 heterocycles. The van der Waals surface area contributed by atoms with Crippen molar-refractivity contribution in [2.24, 2.45) is 11.1 Å². The Morgan fingerprint density at radius 2 is 2.25 bits per heavy atom. The summed E-state index contributed by atoms with van der Waals surface area (Å²) in [6, 6.07) is 5.05. The largest absolute Gasteiger partial charge is 0.486 e. The third kappa shape index (κ3) is 3.26. The zero-order chi connectivity index (χ0) is 14.8. The minimum atomic E-state index is -0.418. The molecule has 1 aliphatic carbocycles. The Morgan fingerprint density at radius 3 is 2.75 bits per heavy atom. The molecule has 2 rings (SSSR count). The monoisotopic (exact) mass is 277 g/mol. The smallest absolute Gasteiger partial charge is 0.311 e. The van der Waals surface area contributed by atoms with Crippen molar-refractivity contribution in [3.63, 3.8) is 0 Å². The first-order valence-corrected chi connectivity index (χ1v) is 6.69. The maximum atomic E-state index is 11.1. The average Bonchev–Trinajstić information content (AvgIpc) is 3.15. The van der Waals surface area contributed by atoms with Crippen molar-refractivity contribution >= 4 is 11.5 Å². The number of rotatable bonds is 7. The van der Waals surface area contributed by atoms with Crippen LogP contribution >= 0.6 is 0 Å². The van der Waals surface area contributed by atoms with Crippen LogP contribution in [0.25, 0.3) is 0 Å². The summed E-state index contributed by atoms with van der Waals surface area (Å²) >= 11 is 0. The first-order valence-electron chi connectivity index (χ1n) is 6.69. The van der Waals surface area contributed by atoms with Crippen LogP contribution in [0.1, 0.15) is 31.7 Å². The van der Waals surface area contributed by atoms with Crippen LogP contribution in [0.15, 0.2) is 18.2 Å². The van der Waals surface area contributed by atoms with E-state index < -0.39 is 4.92 Å². The molecule has 20 heavy (non-hydrogen) atoms. The molecule has 1 saturated carbocycles. The van der Waals surface area contributed by atoms with Crippen molar-refractivity contribution in [3.8, 4) is 5.75 Å². The molecular weight excluding hydrogens is 258 g/mol. The second-order valence-electron chi connectivity index (χ2n) is 5.40. The van der Waals surface area contributed by atoms with Gasteiger partial charge in [-0.05, 0) is 30.9 Å². The Kier molecular flexibility index (Phi) is 3.92. The number of amidine groups is 1. The van der Waals surface area contributed by atoms with Gasteiger partial charge in [0, 0.05) is 17.9 Å². The second kappa shape index (κ2) is 5.48. The molecule has 0 unspecified atom stereocenters. The van der Waals surface area contributed by atoms with E-state index in [1.54, 1.807) is 12.1 Å². The molecule has 1 aromatic rings. The number of hydrogen-bond donors (Lipinski definition) is 2. The van der Waals surface area contributed by atoms with E-state index in [9.17, 15) is 10.1 Å². The highest BCUT2D eigenvalue weighted by Gasteiger charge is 2.44. The predicted molar refractivity (Wildman–Crippen MR) is 76.2 cm³/mol. The van der Waals surface area contributed by atoms with Gasteiger partial charge in [0.05, 0.1) is 17.4 Å². The average molecular weight is 277 g/mol. The SMILES string of the molecule is CCc1ccc(OCC2(CC(=N)N)CC2)c([N+](=O)[O-])c1. The van der Waals surface area contributed by atoms with Crippen molar-refractivity contribution < 1.29 is 9.66 Å². The fourth-order valence-corrected chi connectivity index (χ4v) is 2.23. The van der Waals surface area contributed by atoms with Crippen LogP contribution in [0.3, 0.4) is 0 Å². The molecule has 6 nitrogen and oxygen atoms in total. The van der Waals surface area contributed by atoms with E-state index in [0.717, 1.165) is 24.8 Å². The van der Waals surface area contributed by atoms with Gasteiger partial charge in [-0.25, -0.2) is 0 Å². The van der Waals surface area contributed by atoms with Crippen LogP contribution in [0, 0.1) is 20.9 Å². The summed E-state index contributed by atoms with van der Waals surface area (Å²) in [5.74, 6) is 0.434. The first-order chi connectivity index (χ1) is 9.46. The molecule has 0 aliphatic heterocycles. The number of benzene rings is 1. The Hall–Kier alpha value is -2.11. The van der Waals surface area contributed by atoms with Gasteiger partial charge in [0.1, 0.15) is 0 Å². The summed E-state index contributed by atoms with van der Waals surface area (Å²) in [7, 11) is 0. The number of nitro groups is 1. The third-order valence-corrected chi connectivity index (χ3v) is 3.68. The van der Waals surface area contributed by atoms with Crippen molar-refractivity contribution in [1.82, 2.24) is 0 Å². The quantitative estimate of drug-likeness (QED) is 0.346. The summed E-state index contributed by atoms with van der Waals surface area (Å²) in [4.78, 5) is 10.7. The van der Waals surface area contributed by atoms with Crippen molar-refractivity contribution in [2.75, 3.05) is 6.61 Å². The van der Waals surface area contributed by atoms with Crippen molar-refractivity contribution in [2.45, 2.75) is 32.6 Å². The zero-order valence-corrected chi connectivity index (χ0v) is 11.5. The topological polar surface area (TPSA) is 102 Å². The van der Waals surface area contributed by atoms with Gasteiger partial charge in [-0.3, -0.25) is 15.5 Å². The lowest BCUT2D eigenvalue weighted by atomic mass is 10.0. The van der Waals surface area contributed by atoms with Crippen LogP contribution in [0.2, 0.25) is 0 Å². The highest BCUT2D eigenvalue weighted by atomic mass is 16.6. The Labute approximate surface area is 117 Å². The Bertz CT molecular complexity index is 538. The van der Waals surface area contributed by atoms with E-state index in [1.807, 2.05) is 13.0 Å². The molecule has 3 N–H and O–H groups in total. The zero-order valence-electron chi connectivity index (χ0n) is 11.5. The van der Waals surface area contributed by atoms with Gasteiger partial charge < -0.3 is 10.5 Å². The number of nitrogens with two attached hydrogens (primary N) is 1. The lowest BCUT2D eigenvalue weighted by Crippen LogP contribution is -2.22. The van der Waals surface area contributed by atoms with E-state index >= 15 is 0 Å². The van der Waals surface area contributed by atoms with E-state index in [2.05, 4.69) is 0 Å². The van der Waals surface area contributed by atoms with Crippen LogP contribution in [-0.4, -0.2) is 17.4 Å². The highest BCUT2D eigenvalue weighted by molar-refractivity contribution is 5.78. The molecule has 0 saturated heterocycles. The van der Waals surface area contributed by atoms with Gasteiger partial charge in [-0.15, -0.1) is 0 Å². The summed E-state index contributed by atoms with van der Waals surface area (Å²) in [6.45, 7) is 2.32. The fraction of sp³-hybridized carbons (Fsp3) is 0.500. The molecule has 0 spiro atoms. The minimum absolute atomic E-state index is 0.00275. The van der Waals surface area contributed by atoms with Crippen LogP contribution in [0.5, 0.6) is 5.75 Å². The molecular formula is C14H19N3O3. The number of aryl methyl sites for hydroxylation is 1. The van der Waals surface area contributed by atoms with Gasteiger partial charge in [-0.1, -0.05) is 13.0 Å². The minimum Gasteiger partial charge on any atom is -0.486 e. The number of nitrogens with one attached hydrogen (secondary N) is 1. The van der Waals surface area contributed by atoms with Gasteiger partial charge in [0.15, 0.2) is 5.75 Å². The van der Waals surface area contributed by atoms with Crippen LogP contribution in [0.4, 0.5) is 5.69 Å². The highest BCUT2D eigenvalue weighted by Crippen LogP contribution is 2.49. The lowest BCUT2D eigenvalue weighted by molar-refractivity contribution is -0.386. The third-order valence-electron chi connectivity index (χ3n) is 3.68. The first kappa shape index (κ1) is 14.3. The van der Waals surface area contributed by atoms with Gasteiger partial charge >= 0.3 is 5.69 Å². The van der Waals surface area contributed by atoms with Crippen LogP contribution < -0.4 is 10.5 Å². The maximum absolute atomic E-state index is 11.1. The summed E-state index contributed by atoms with van der Waals surface area (Å²) in [5.41, 5.74) is 6.24. The van der Waals surface area contributed by atoms with Gasteiger partial charge in [0.25, 0.3) is 0 Å². The summed E-state index contributed by atoms with van der Waals surface area (Å²) in [6.07, 6.45) is 3.14. The molecule has 1 fully saturated rings. The number of hydrogen-bond acceptors (Lipinski definition) is 4. The molecule has 1 aromatic carbocycles. The Balaban J connectivity index is 2.09. The van der Waals surface area contributed by atoms with E-state index in [-0.39, 0.29) is 16.9 Å². The second-order valence-corrected chi connectivity index (χ2v) is 5.40. The summed E-state index contributed by atoms with van der Waals surface area (Å²) in [5, 5.41) is 18.4. The number of ether oxygens (including phenoxy) is 1. The fourth-order valence-electron chi connectivity index (χ4n) is 2.23. The standard InChI is InChI=1S/C14H19N3O3/c1-2-10-3-4-12(11(7-10)17(18)19)20-9-14(5-6-14)8-13(15)16/h3-4,7H,2,5-6,8-9H2,1H3,(H3,15,16). The van der Waals surface area contributed by atoms with E-state index in [1.165, 1.54) is 0 Å².